The number of ketones is 1. The van der Waals surface area contributed by atoms with Gasteiger partial charge in [-0.3, -0.25) is 14.5 Å². The largest absolute Gasteiger partial charge is 0.503 e. The Morgan fingerprint density at radius 1 is 1.05 bits per heavy atom. The standard InChI is InChI=1S/C28H30N2O7/c1-17-4-6-21-18(14-17)15-23(37-21)26(31)24-25(20-16-19(34-2)5-7-22(20)35-3)30(28(33)27(24)32)9-8-29-10-12-36-13-11-29/h4-7,14-16,25,32H,8-13H2,1-3H3. The Labute approximate surface area is 214 Å². The number of aryl methyl sites for hydroxylation is 1. The van der Waals surface area contributed by atoms with Gasteiger partial charge in [0.05, 0.1) is 39.0 Å². The van der Waals surface area contributed by atoms with Crippen molar-refractivity contribution in [2.24, 2.45) is 0 Å². The van der Waals surface area contributed by atoms with Crippen LogP contribution in [0.1, 0.15) is 27.7 Å². The number of Topliss-reactive ketones (excluding diaryl/α,β-unsaturated/α-hetero) is 1. The lowest BCUT2D eigenvalue weighted by Gasteiger charge is -2.32. The fraction of sp³-hybridized carbons (Fsp3) is 0.357. The highest BCUT2D eigenvalue weighted by atomic mass is 16.5. The van der Waals surface area contributed by atoms with Gasteiger partial charge in [-0.2, -0.15) is 0 Å². The summed E-state index contributed by atoms with van der Waals surface area (Å²) in [7, 11) is 3.06. The van der Waals surface area contributed by atoms with E-state index in [4.69, 9.17) is 18.6 Å². The molecule has 2 aliphatic rings. The lowest BCUT2D eigenvalue weighted by atomic mass is 9.94. The van der Waals surface area contributed by atoms with Gasteiger partial charge >= 0.3 is 0 Å². The van der Waals surface area contributed by atoms with Gasteiger partial charge < -0.3 is 28.6 Å². The molecule has 1 N–H and O–H groups in total. The summed E-state index contributed by atoms with van der Waals surface area (Å²) in [6.45, 7) is 5.56. The minimum absolute atomic E-state index is 0.0469. The summed E-state index contributed by atoms with van der Waals surface area (Å²) in [4.78, 5) is 31.0. The number of methoxy groups -OCH3 is 2. The smallest absolute Gasteiger partial charge is 0.290 e. The molecule has 2 aromatic carbocycles. The Morgan fingerprint density at radius 3 is 2.57 bits per heavy atom. The Bertz CT molecular complexity index is 1370. The number of nitrogens with zero attached hydrogens (tertiary/aromatic N) is 2. The summed E-state index contributed by atoms with van der Waals surface area (Å²) in [5, 5.41) is 11.8. The van der Waals surface area contributed by atoms with Crippen LogP contribution in [0.3, 0.4) is 0 Å². The van der Waals surface area contributed by atoms with Gasteiger partial charge in [-0.05, 0) is 43.3 Å². The molecule has 194 valence electrons. The SMILES string of the molecule is COc1ccc(OC)c(C2C(C(=O)c3cc4cc(C)ccc4o3)=C(O)C(=O)N2CCN2CCOCC2)c1. The third-order valence-corrected chi connectivity index (χ3v) is 6.94. The van der Waals surface area contributed by atoms with E-state index in [2.05, 4.69) is 4.90 Å². The quantitative estimate of drug-likeness (QED) is 0.462. The topological polar surface area (TPSA) is 102 Å². The number of rotatable bonds is 8. The second-order valence-corrected chi connectivity index (χ2v) is 9.21. The van der Waals surface area contributed by atoms with E-state index in [1.807, 2.05) is 19.1 Å². The highest BCUT2D eigenvalue weighted by Crippen LogP contribution is 2.44. The Balaban J connectivity index is 1.57. The zero-order valence-electron chi connectivity index (χ0n) is 21.2. The third-order valence-electron chi connectivity index (χ3n) is 6.94. The van der Waals surface area contributed by atoms with Gasteiger partial charge in [-0.25, -0.2) is 0 Å². The van der Waals surface area contributed by atoms with Crippen molar-refractivity contribution in [3.8, 4) is 11.5 Å². The fourth-order valence-corrected chi connectivity index (χ4v) is 4.97. The molecule has 1 aromatic heterocycles. The molecule has 0 aliphatic carbocycles. The maximum absolute atomic E-state index is 13.9. The number of hydrogen-bond acceptors (Lipinski definition) is 8. The van der Waals surface area contributed by atoms with E-state index in [1.54, 1.807) is 30.3 Å². The second-order valence-electron chi connectivity index (χ2n) is 9.21. The number of hydrogen-bond donors (Lipinski definition) is 1. The van der Waals surface area contributed by atoms with E-state index < -0.39 is 23.5 Å². The van der Waals surface area contributed by atoms with E-state index in [0.717, 1.165) is 24.0 Å². The second kappa shape index (κ2) is 10.3. The van der Waals surface area contributed by atoms with Gasteiger partial charge in [-0.15, -0.1) is 0 Å². The number of carbonyl (C=O) groups excluding carboxylic acids is 2. The molecule has 1 atom stereocenters. The van der Waals surface area contributed by atoms with Crippen molar-refractivity contribution >= 4 is 22.7 Å². The average molecular weight is 507 g/mol. The molecule has 9 nitrogen and oxygen atoms in total. The predicted molar refractivity (Wildman–Crippen MR) is 136 cm³/mol. The molecular weight excluding hydrogens is 476 g/mol. The molecule has 3 heterocycles. The van der Waals surface area contributed by atoms with Crippen LogP contribution < -0.4 is 9.47 Å². The van der Waals surface area contributed by atoms with E-state index >= 15 is 0 Å². The fourth-order valence-electron chi connectivity index (χ4n) is 4.97. The van der Waals surface area contributed by atoms with Crippen LogP contribution in [0.2, 0.25) is 0 Å². The Hall–Kier alpha value is -3.82. The van der Waals surface area contributed by atoms with Crippen LogP contribution in [-0.4, -0.2) is 80.2 Å². The molecule has 0 bridgehead atoms. The van der Waals surface area contributed by atoms with E-state index in [-0.39, 0.29) is 11.3 Å². The third kappa shape index (κ3) is 4.68. The first kappa shape index (κ1) is 24.9. The first-order chi connectivity index (χ1) is 17.9. The van der Waals surface area contributed by atoms with Gasteiger partial charge in [0.2, 0.25) is 5.78 Å². The molecule has 5 rings (SSSR count). The van der Waals surface area contributed by atoms with Crippen molar-refractivity contribution in [3.63, 3.8) is 0 Å². The lowest BCUT2D eigenvalue weighted by Crippen LogP contribution is -2.43. The molecule has 1 saturated heterocycles. The first-order valence-electron chi connectivity index (χ1n) is 12.2. The van der Waals surface area contributed by atoms with Crippen LogP contribution >= 0.6 is 0 Å². The van der Waals surface area contributed by atoms with Crippen LogP contribution in [-0.2, 0) is 9.53 Å². The number of aliphatic hydroxyl groups excluding tert-OH is 1. The van der Waals surface area contributed by atoms with Crippen molar-refractivity contribution in [1.29, 1.82) is 0 Å². The Kier molecular flexibility index (Phi) is 6.90. The molecule has 3 aromatic rings. The number of fused-ring (bicyclic) bond motifs is 1. The molecule has 2 aliphatic heterocycles. The summed E-state index contributed by atoms with van der Waals surface area (Å²) in [6.07, 6.45) is 0. The molecule has 9 heteroatoms. The summed E-state index contributed by atoms with van der Waals surface area (Å²) in [6, 6.07) is 11.6. The number of furan rings is 1. The van der Waals surface area contributed by atoms with Crippen LogP contribution in [0.25, 0.3) is 11.0 Å². The molecule has 1 amide bonds. The molecule has 0 spiro atoms. The van der Waals surface area contributed by atoms with Crippen molar-refractivity contribution in [2.45, 2.75) is 13.0 Å². The zero-order valence-corrected chi connectivity index (χ0v) is 21.2. The minimum Gasteiger partial charge on any atom is -0.503 e. The predicted octanol–water partition coefficient (Wildman–Crippen LogP) is 3.67. The van der Waals surface area contributed by atoms with Crippen molar-refractivity contribution in [2.75, 3.05) is 53.6 Å². The molecule has 0 radical (unpaired) electrons. The maximum atomic E-state index is 13.9. The summed E-state index contributed by atoms with van der Waals surface area (Å²) in [5.74, 6) is -0.693. The number of carbonyl (C=O) groups is 2. The molecule has 37 heavy (non-hydrogen) atoms. The van der Waals surface area contributed by atoms with Gasteiger partial charge in [-0.1, -0.05) is 11.6 Å². The van der Waals surface area contributed by atoms with E-state index in [9.17, 15) is 14.7 Å². The number of morpholine rings is 1. The van der Waals surface area contributed by atoms with Crippen molar-refractivity contribution in [3.05, 3.63) is 70.7 Å². The lowest BCUT2D eigenvalue weighted by molar-refractivity contribution is -0.129. The Morgan fingerprint density at radius 2 is 1.84 bits per heavy atom. The van der Waals surface area contributed by atoms with Crippen molar-refractivity contribution < 1.29 is 33.3 Å². The highest BCUT2D eigenvalue weighted by Gasteiger charge is 2.45. The van der Waals surface area contributed by atoms with Gasteiger partial charge in [0, 0.05) is 37.1 Å². The van der Waals surface area contributed by atoms with Gasteiger partial charge in [0.25, 0.3) is 5.91 Å². The number of ether oxygens (including phenoxy) is 3. The zero-order chi connectivity index (χ0) is 26.1. The van der Waals surface area contributed by atoms with E-state index in [1.165, 1.54) is 19.1 Å². The number of amides is 1. The summed E-state index contributed by atoms with van der Waals surface area (Å²) < 4.78 is 22.3. The minimum atomic E-state index is -0.888. The highest BCUT2D eigenvalue weighted by molar-refractivity contribution is 6.16. The average Bonchev–Trinajstić information content (AvgIpc) is 3.45. The van der Waals surface area contributed by atoms with Gasteiger partial charge in [0.15, 0.2) is 11.5 Å². The molecule has 1 fully saturated rings. The first-order valence-corrected chi connectivity index (χ1v) is 12.2. The normalized spacial score (nSPS) is 18.6. The summed E-state index contributed by atoms with van der Waals surface area (Å²) >= 11 is 0. The summed E-state index contributed by atoms with van der Waals surface area (Å²) in [5.41, 5.74) is 2.07. The van der Waals surface area contributed by atoms with Crippen molar-refractivity contribution in [1.82, 2.24) is 9.80 Å². The van der Waals surface area contributed by atoms with Crippen LogP contribution in [0.4, 0.5) is 0 Å². The number of aliphatic hydroxyl groups is 1. The number of benzene rings is 2. The van der Waals surface area contributed by atoms with Crippen LogP contribution in [0.5, 0.6) is 11.5 Å². The van der Waals surface area contributed by atoms with Crippen LogP contribution in [0.15, 0.2) is 58.2 Å². The van der Waals surface area contributed by atoms with E-state index in [0.29, 0.717) is 48.9 Å². The van der Waals surface area contributed by atoms with Gasteiger partial charge in [0.1, 0.15) is 17.1 Å². The maximum Gasteiger partial charge on any atom is 0.290 e. The van der Waals surface area contributed by atoms with Crippen LogP contribution in [0, 0.1) is 6.92 Å². The monoisotopic (exact) mass is 506 g/mol. The molecular formula is C28H30N2O7. The molecule has 1 unspecified atom stereocenters. The molecule has 0 saturated carbocycles.